The molecule has 0 radical (unpaired) electrons. The van der Waals surface area contributed by atoms with Gasteiger partial charge < -0.3 is 24.3 Å². The van der Waals surface area contributed by atoms with Gasteiger partial charge in [0.25, 0.3) is 0 Å². The number of allylic oxidation sites excluding steroid dienone is 3. The maximum atomic E-state index is 13.7. The molecular weight excluding hydrogens is 414 g/mol. The Morgan fingerprint density at radius 2 is 1.88 bits per heavy atom. The first-order valence-corrected chi connectivity index (χ1v) is 10.5. The van der Waals surface area contributed by atoms with Crippen LogP contribution < -0.4 is 14.8 Å². The summed E-state index contributed by atoms with van der Waals surface area (Å²) in [5.74, 6) is -2.42. The van der Waals surface area contributed by atoms with E-state index in [1.54, 1.807) is 39.2 Å². The maximum absolute atomic E-state index is 13.7. The second kappa shape index (κ2) is 9.46. The van der Waals surface area contributed by atoms with Crippen molar-refractivity contribution in [3.63, 3.8) is 0 Å². The van der Waals surface area contributed by atoms with Crippen molar-refractivity contribution >= 4 is 17.7 Å². The highest BCUT2D eigenvalue weighted by Crippen LogP contribution is 2.48. The maximum Gasteiger partial charge on any atom is 0.336 e. The van der Waals surface area contributed by atoms with Gasteiger partial charge in [0.2, 0.25) is 0 Å². The molecule has 0 unspecified atom stereocenters. The van der Waals surface area contributed by atoms with E-state index in [1.807, 2.05) is 6.92 Å². The van der Waals surface area contributed by atoms with E-state index < -0.39 is 23.8 Å². The van der Waals surface area contributed by atoms with Crippen molar-refractivity contribution in [1.29, 1.82) is 0 Å². The lowest BCUT2D eigenvalue weighted by Gasteiger charge is -2.38. The monoisotopic (exact) mass is 443 g/mol. The number of esters is 2. The highest BCUT2D eigenvalue weighted by Gasteiger charge is 2.47. The number of carbonyl (C=O) groups is 3. The van der Waals surface area contributed by atoms with Gasteiger partial charge in [-0.15, -0.1) is 0 Å². The molecule has 0 amide bonds. The largest absolute Gasteiger partial charge is 0.497 e. The number of rotatable bonds is 6. The van der Waals surface area contributed by atoms with Gasteiger partial charge in [-0.05, 0) is 32.3 Å². The topological polar surface area (TPSA) is 100 Å². The lowest BCUT2D eigenvalue weighted by atomic mass is 9.69. The number of methoxy groups -OCH3 is 3. The van der Waals surface area contributed by atoms with Crippen LogP contribution in [0.15, 0.2) is 40.7 Å². The normalized spacial score (nSPS) is 22.7. The van der Waals surface area contributed by atoms with Crippen LogP contribution >= 0.6 is 0 Å². The zero-order valence-corrected chi connectivity index (χ0v) is 19.2. The highest BCUT2D eigenvalue weighted by atomic mass is 16.5. The van der Waals surface area contributed by atoms with Gasteiger partial charge in [-0.2, -0.15) is 0 Å². The van der Waals surface area contributed by atoms with E-state index >= 15 is 0 Å². The lowest BCUT2D eigenvalue weighted by molar-refractivity contribution is -0.151. The molecule has 0 saturated carbocycles. The predicted molar refractivity (Wildman–Crippen MR) is 116 cm³/mol. The average molecular weight is 443 g/mol. The van der Waals surface area contributed by atoms with Crippen LogP contribution in [0.4, 0.5) is 0 Å². The van der Waals surface area contributed by atoms with Crippen LogP contribution in [0.1, 0.15) is 38.7 Å². The number of nitrogens with one attached hydrogen (secondary N) is 1. The van der Waals surface area contributed by atoms with Crippen molar-refractivity contribution < 1.29 is 33.3 Å². The number of benzene rings is 1. The van der Waals surface area contributed by atoms with E-state index in [-0.39, 0.29) is 18.3 Å². The van der Waals surface area contributed by atoms with Gasteiger partial charge in [-0.25, -0.2) is 4.79 Å². The van der Waals surface area contributed by atoms with E-state index in [0.717, 1.165) is 0 Å². The third-order valence-electron chi connectivity index (χ3n) is 5.99. The summed E-state index contributed by atoms with van der Waals surface area (Å²) in [5.41, 5.74) is 2.56. The molecule has 0 saturated heterocycles. The summed E-state index contributed by atoms with van der Waals surface area (Å²) in [7, 11) is 4.32. The van der Waals surface area contributed by atoms with Gasteiger partial charge in [0, 0.05) is 28.6 Å². The fourth-order valence-corrected chi connectivity index (χ4v) is 4.53. The standard InChI is InChI=1S/C24H29NO7/c1-7-32-24(28)19-13(3)25-16-10-12(2)18(23(27)31-6)22(26)21(16)20(19)15-9-8-14(29-4)11-17(15)30-5/h8-9,11-12,18,20,25H,7,10H2,1-6H3/t12-,18-,20+/m1/s1. The van der Waals surface area contributed by atoms with E-state index in [9.17, 15) is 14.4 Å². The minimum atomic E-state index is -0.950. The Labute approximate surface area is 187 Å². The van der Waals surface area contributed by atoms with E-state index in [2.05, 4.69) is 5.32 Å². The first-order valence-electron chi connectivity index (χ1n) is 10.5. The molecule has 8 heteroatoms. The number of ether oxygens (including phenoxy) is 4. The Hall–Kier alpha value is -3.29. The molecule has 2 aliphatic rings. The highest BCUT2D eigenvalue weighted by molar-refractivity contribution is 6.12. The molecule has 172 valence electrons. The summed E-state index contributed by atoms with van der Waals surface area (Å²) in [6.07, 6.45) is 0.462. The smallest absolute Gasteiger partial charge is 0.336 e. The van der Waals surface area contributed by atoms with Gasteiger partial charge in [0.15, 0.2) is 5.78 Å². The van der Waals surface area contributed by atoms with Crippen molar-refractivity contribution in [2.24, 2.45) is 11.8 Å². The van der Waals surface area contributed by atoms with Crippen LogP contribution in [0.3, 0.4) is 0 Å². The van der Waals surface area contributed by atoms with Gasteiger partial charge in [-0.3, -0.25) is 9.59 Å². The molecule has 1 aliphatic heterocycles. The first-order chi connectivity index (χ1) is 15.3. The van der Waals surface area contributed by atoms with Crippen LogP contribution in [0.25, 0.3) is 0 Å². The van der Waals surface area contributed by atoms with E-state index in [1.165, 1.54) is 14.2 Å². The SMILES string of the molecule is CCOC(=O)C1=C(C)NC2=C(C(=O)[C@H](C(=O)OC)[C@H](C)C2)[C@H]1c1ccc(OC)cc1OC. The molecule has 0 spiro atoms. The summed E-state index contributed by atoms with van der Waals surface area (Å²) < 4.78 is 21.1. The van der Waals surface area contributed by atoms with Crippen molar-refractivity contribution in [3.05, 3.63) is 46.3 Å². The Kier molecular flexibility index (Phi) is 6.91. The lowest BCUT2D eigenvalue weighted by Crippen LogP contribution is -2.43. The molecule has 3 atom stereocenters. The zero-order valence-electron chi connectivity index (χ0n) is 19.2. The van der Waals surface area contributed by atoms with Crippen molar-refractivity contribution in [3.8, 4) is 11.5 Å². The number of hydrogen-bond acceptors (Lipinski definition) is 8. The Balaban J connectivity index is 2.25. The summed E-state index contributed by atoms with van der Waals surface area (Å²) >= 11 is 0. The molecule has 8 nitrogen and oxygen atoms in total. The minimum Gasteiger partial charge on any atom is -0.497 e. The van der Waals surface area contributed by atoms with Crippen LogP contribution in [-0.4, -0.2) is 45.7 Å². The predicted octanol–water partition coefficient (Wildman–Crippen LogP) is 2.88. The number of carbonyl (C=O) groups excluding carboxylic acids is 3. The molecule has 0 bridgehead atoms. The summed E-state index contributed by atoms with van der Waals surface area (Å²) in [4.78, 5) is 39.2. The van der Waals surface area contributed by atoms with E-state index in [4.69, 9.17) is 18.9 Å². The summed E-state index contributed by atoms with van der Waals surface area (Å²) in [6.45, 7) is 5.52. The number of hydrogen-bond donors (Lipinski definition) is 1. The summed E-state index contributed by atoms with van der Waals surface area (Å²) in [5, 5.41) is 3.23. The molecule has 0 fully saturated rings. The van der Waals surface area contributed by atoms with Crippen LogP contribution in [-0.2, 0) is 23.9 Å². The molecule has 1 aromatic carbocycles. The van der Waals surface area contributed by atoms with Crippen LogP contribution in [0.5, 0.6) is 11.5 Å². The number of dihydropyridines is 1. The van der Waals surface area contributed by atoms with Crippen molar-refractivity contribution in [2.75, 3.05) is 27.9 Å². The molecule has 3 rings (SSSR count). The summed E-state index contributed by atoms with van der Waals surface area (Å²) in [6, 6.07) is 5.21. The van der Waals surface area contributed by atoms with Crippen LogP contribution in [0.2, 0.25) is 0 Å². The fourth-order valence-electron chi connectivity index (χ4n) is 4.53. The zero-order chi connectivity index (χ0) is 23.6. The quantitative estimate of drug-likeness (QED) is 0.529. The van der Waals surface area contributed by atoms with Crippen molar-refractivity contribution in [2.45, 2.75) is 33.1 Å². The molecule has 1 aromatic rings. The third-order valence-corrected chi connectivity index (χ3v) is 5.99. The minimum absolute atomic E-state index is 0.184. The van der Waals surface area contributed by atoms with Gasteiger partial charge >= 0.3 is 11.9 Å². The van der Waals surface area contributed by atoms with Gasteiger partial charge in [0.1, 0.15) is 17.4 Å². The first kappa shape index (κ1) is 23.4. The third kappa shape index (κ3) is 3.97. The molecule has 1 aliphatic carbocycles. The Bertz CT molecular complexity index is 1010. The molecule has 1 heterocycles. The van der Waals surface area contributed by atoms with Crippen molar-refractivity contribution in [1.82, 2.24) is 5.32 Å². The molecule has 0 aromatic heterocycles. The second-order valence-corrected chi connectivity index (χ2v) is 7.86. The van der Waals surface area contributed by atoms with Gasteiger partial charge in [-0.1, -0.05) is 13.0 Å². The molecule has 1 N–H and O–H groups in total. The number of ketones is 1. The average Bonchev–Trinajstić information content (AvgIpc) is 2.77. The second-order valence-electron chi connectivity index (χ2n) is 7.86. The molecular formula is C24H29NO7. The number of Topliss-reactive ketones (excluding diaryl/α,β-unsaturated/α-hetero) is 1. The Morgan fingerprint density at radius 1 is 1.16 bits per heavy atom. The Morgan fingerprint density at radius 3 is 2.47 bits per heavy atom. The van der Waals surface area contributed by atoms with Crippen LogP contribution in [0, 0.1) is 11.8 Å². The fraction of sp³-hybridized carbons (Fsp3) is 0.458. The van der Waals surface area contributed by atoms with E-state index in [0.29, 0.717) is 46.0 Å². The van der Waals surface area contributed by atoms with Gasteiger partial charge in [0.05, 0.1) is 39.4 Å². The molecule has 32 heavy (non-hydrogen) atoms.